The van der Waals surface area contributed by atoms with E-state index < -0.39 is 0 Å². The summed E-state index contributed by atoms with van der Waals surface area (Å²) in [7, 11) is 0. The molecule has 0 aromatic carbocycles. The van der Waals surface area contributed by atoms with Crippen LogP contribution >= 0.6 is 0 Å². The maximum Gasteiger partial charge on any atom is 0.174 e. The van der Waals surface area contributed by atoms with Gasteiger partial charge in [0.25, 0.3) is 0 Å². The van der Waals surface area contributed by atoms with Crippen LogP contribution in [0, 0.1) is 19.8 Å². The SMILES string of the molecule is CCCC1CCN(c2cc(C)nc(C)c2/C(N)=N/O)CC1. The summed E-state index contributed by atoms with van der Waals surface area (Å²) in [6.45, 7) is 8.20. The van der Waals surface area contributed by atoms with Crippen molar-refractivity contribution in [1.29, 1.82) is 0 Å². The van der Waals surface area contributed by atoms with Gasteiger partial charge in [0.2, 0.25) is 0 Å². The number of oxime groups is 1. The van der Waals surface area contributed by atoms with Crippen molar-refractivity contribution in [3.05, 3.63) is 23.0 Å². The van der Waals surface area contributed by atoms with Crippen LogP contribution in [0.25, 0.3) is 0 Å². The monoisotopic (exact) mass is 290 g/mol. The Hall–Kier alpha value is -1.78. The van der Waals surface area contributed by atoms with Crippen molar-refractivity contribution in [3.8, 4) is 0 Å². The van der Waals surface area contributed by atoms with Gasteiger partial charge in [-0.3, -0.25) is 4.98 Å². The summed E-state index contributed by atoms with van der Waals surface area (Å²) in [4.78, 5) is 6.79. The van der Waals surface area contributed by atoms with Crippen molar-refractivity contribution >= 4 is 11.5 Å². The van der Waals surface area contributed by atoms with Gasteiger partial charge in [0, 0.05) is 18.8 Å². The molecule has 0 atom stereocenters. The Balaban J connectivity index is 2.27. The van der Waals surface area contributed by atoms with Gasteiger partial charge in [-0.05, 0) is 38.7 Å². The molecule has 5 nitrogen and oxygen atoms in total. The number of nitrogens with two attached hydrogens (primary N) is 1. The summed E-state index contributed by atoms with van der Waals surface area (Å²) < 4.78 is 0. The standard InChI is InChI=1S/C16H26N4O/c1-4-5-13-6-8-20(9-7-13)14-10-11(2)18-12(3)15(14)16(17)19-21/h10,13,21H,4-9H2,1-3H3,(H2,17,19). The van der Waals surface area contributed by atoms with Crippen LogP contribution < -0.4 is 10.6 Å². The van der Waals surface area contributed by atoms with Crippen molar-refractivity contribution in [1.82, 2.24) is 4.98 Å². The van der Waals surface area contributed by atoms with Gasteiger partial charge in [0.05, 0.1) is 16.9 Å². The van der Waals surface area contributed by atoms with E-state index in [9.17, 15) is 0 Å². The highest BCUT2D eigenvalue weighted by molar-refractivity contribution is 6.03. The molecule has 0 spiro atoms. The first kappa shape index (κ1) is 15.6. The van der Waals surface area contributed by atoms with E-state index in [0.29, 0.717) is 0 Å². The summed E-state index contributed by atoms with van der Waals surface area (Å²) in [5, 5.41) is 12.2. The summed E-state index contributed by atoms with van der Waals surface area (Å²) >= 11 is 0. The molecule has 1 aliphatic rings. The predicted octanol–water partition coefficient (Wildman–Crippen LogP) is 2.81. The van der Waals surface area contributed by atoms with Crippen molar-refractivity contribution in [3.63, 3.8) is 0 Å². The van der Waals surface area contributed by atoms with E-state index in [2.05, 4.69) is 22.0 Å². The van der Waals surface area contributed by atoms with Crippen LogP contribution in [0.15, 0.2) is 11.2 Å². The first-order valence-electron chi connectivity index (χ1n) is 7.77. The number of amidine groups is 1. The molecule has 0 radical (unpaired) electrons. The zero-order valence-electron chi connectivity index (χ0n) is 13.3. The molecular weight excluding hydrogens is 264 g/mol. The van der Waals surface area contributed by atoms with Crippen LogP contribution in [0.5, 0.6) is 0 Å². The second-order valence-electron chi connectivity index (χ2n) is 5.95. The number of rotatable bonds is 4. The normalized spacial score (nSPS) is 17.3. The van der Waals surface area contributed by atoms with Crippen molar-refractivity contribution in [2.45, 2.75) is 46.5 Å². The van der Waals surface area contributed by atoms with E-state index in [1.165, 1.54) is 25.7 Å². The minimum Gasteiger partial charge on any atom is -0.409 e. The third-order valence-corrected chi connectivity index (χ3v) is 4.32. The highest BCUT2D eigenvalue weighted by Gasteiger charge is 2.23. The zero-order chi connectivity index (χ0) is 15.4. The molecule has 1 aromatic rings. The van der Waals surface area contributed by atoms with Crippen LogP contribution in [0.2, 0.25) is 0 Å². The lowest BCUT2D eigenvalue weighted by Crippen LogP contribution is -2.35. The van der Waals surface area contributed by atoms with Crippen molar-refractivity contribution in [2.24, 2.45) is 16.8 Å². The highest BCUT2D eigenvalue weighted by atomic mass is 16.4. The van der Waals surface area contributed by atoms with Gasteiger partial charge in [-0.25, -0.2) is 0 Å². The van der Waals surface area contributed by atoms with Crippen molar-refractivity contribution in [2.75, 3.05) is 18.0 Å². The maximum atomic E-state index is 9.03. The molecular formula is C16H26N4O. The van der Waals surface area contributed by atoms with E-state index in [-0.39, 0.29) is 5.84 Å². The third kappa shape index (κ3) is 3.46. The average Bonchev–Trinajstić information content (AvgIpc) is 2.47. The molecule has 1 fully saturated rings. The first-order valence-corrected chi connectivity index (χ1v) is 7.77. The van der Waals surface area contributed by atoms with Crippen LogP contribution in [-0.4, -0.2) is 29.1 Å². The molecule has 1 aliphatic heterocycles. The van der Waals surface area contributed by atoms with Gasteiger partial charge in [-0.1, -0.05) is 24.9 Å². The Morgan fingerprint density at radius 3 is 2.67 bits per heavy atom. The second-order valence-corrected chi connectivity index (χ2v) is 5.95. The lowest BCUT2D eigenvalue weighted by molar-refractivity contribution is 0.318. The van der Waals surface area contributed by atoms with Crippen LogP contribution in [0.3, 0.4) is 0 Å². The van der Waals surface area contributed by atoms with Gasteiger partial charge in [-0.15, -0.1) is 0 Å². The molecule has 1 saturated heterocycles. The van der Waals surface area contributed by atoms with Crippen molar-refractivity contribution < 1.29 is 5.21 Å². The number of hydrogen-bond acceptors (Lipinski definition) is 4. The Morgan fingerprint density at radius 1 is 1.43 bits per heavy atom. The fraction of sp³-hybridized carbons (Fsp3) is 0.625. The number of aromatic nitrogens is 1. The molecule has 0 bridgehead atoms. The zero-order valence-corrected chi connectivity index (χ0v) is 13.3. The molecule has 0 unspecified atom stereocenters. The van der Waals surface area contributed by atoms with Gasteiger partial charge in [-0.2, -0.15) is 0 Å². The van der Waals surface area contributed by atoms with E-state index in [0.717, 1.165) is 41.6 Å². The Morgan fingerprint density at radius 2 is 2.10 bits per heavy atom. The van der Waals surface area contributed by atoms with E-state index in [1.807, 2.05) is 19.9 Å². The quantitative estimate of drug-likeness (QED) is 0.387. The maximum absolute atomic E-state index is 9.03. The molecule has 0 amide bonds. The Kier molecular flexibility index (Phi) is 5.04. The molecule has 2 heterocycles. The number of piperidine rings is 1. The summed E-state index contributed by atoms with van der Waals surface area (Å²) in [6.07, 6.45) is 5.00. The summed E-state index contributed by atoms with van der Waals surface area (Å²) in [5.74, 6) is 0.980. The minimum absolute atomic E-state index is 0.144. The average molecular weight is 290 g/mol. The third-order valence-electron chi connectivity index (χ3n) is 4.32. The van der Waals surface area contributed by atoms with Crippen LogP contribution in [-0.2, 0) is 0 Å². The van der Waals surface area contributed by atoms with Gasteiger partial charge >= 0.3 is 0 Å². The lowest BCUT2D eigenvalue weighted by atomic mass is 9.92. The summed E-state index contributed by atoms with van der Waals surface area (Å²) in [6, 6.07) is 2.04. The second kappa shape index (κ2) is 6.78. The van der Waals surface area contributed by atoms with E-state index >= 15 is 0 Å². The molecule has 3 N–H and O–H groups in total. The smallest absolute Gasteiger partial charge is 0.174 e. The summed E-state index contributed by atoms with van der Waals surface area (Å²) in [5.41, 5.74) is 9.45. The number of pyridine rings is 1. The molecule has 5 heteroatoms. The molecule has 116 valence electrons. The molecule has 21 heavy (non-hydrogen) atoms. The molecule has 0 saturated carbocycles. The molecule has 1 aromatic heterocycles. The number of anilines is 1. The topological polar surface area (TPSA) is 74.7 Å². The lowest BCUT2D eigenvalue weighted by Gasteiger charge is -2.35. The van der Waals surface area contributed by atoms with Gasteiger partial charge < -0.3 is 15.8 Å². The van der Waals surface area contributed by atoms with Gasteiger partial charge in [0.15, 0.2) is 5.84 Å². The van der Waals surface area contributed by atoms with E-state index in [1.54, 1.807) is 0 Å². The fourth-order valence-electron chi connectivity index (χ4n) is 3.29. The first-order chi connectivity index (χ1) is 10.1. The Labute approximate surface area is 126 Å². The number of aryl methyl sites for hydroxylation is 2. The predicted molar refractivity (Wildman–Crippen MR) is 86.1 cm³/mol. The Bertz CT molecular complexity index is 519. The fourth-order valence-corrected chi connectivity index (χ4v) is 3.29. The number of nitrogens with zero attached hydrogens (tertiary/aromatic N) is 3. The molecule has 2 rings (SSSR count). The van der Waals surface area contributed by atoms with Gasteiger partial charge in [0.1, 0.15) is 0 Å². The minimum atomic E-state index is 0.144. The van der Waals surface area contributed by atoms with E-state index in [4.69, 9.17) is 10.9 Å². The van der Waals surface area contributed by atoms with Crippen LogP contribution in [0.4, 0.5) is 5.69 Å². The highest BCUT2D eigenvalue weighted by Crippen LogP contribution is 2.29. The largest absolute Gasteiger partial charge is 0.409 e. The number of hydrogen-bond donors (Lipinski definition) is 2. The van der Waals surface area contributed by atoms with Crippen LogP contribution in [0.1, 0.15) is 49.6 Å². The molecule has 0 aliphatic carbocycles.